The Morgan fingerprint density at radius 1 is 1.33 bits per heavy atom. The van der Waals surface area contributed by atoms with Gasteiger partial charge in [0.2, 0.25) is 0 Å². The smallest absolute Gasteiger partial charge is 0.301 e. The molecule has 2 atom stereocenters. The predicted octanol–water partition coefficient (Wildman–Crippen LogP) is 4.37. The Labute approximate surface area is 143 Å². The van der Waals surface area contributed by atoms with E-state index >= 15 is 0 Å². The Morgan fingerprint density at radius 3 is 2.54 bits per heavy atom. The Kier molecular flexibility index (Phi) is 5.67. The topological polar surface area (TPSA) is 44.7 Å². The van der Waals surface area contributed by atoms with E-state index in [1.807, 2.05) is 0 Å². The molecule has 0 aliphatic carbocycles. The van der Waals surface area contributed by atoms with Crippen LogP contribution in [-0.4, -0.2) is 27.7 Å². The van der Waals surface area contributed by atoms with Crippen LogP contribution in [0.3, 0.4) is 0 Å². The first-order valence-corrected chi connectivity index (χ1v) is 8.92. The molecule has 2 rings (SSSR count). The van der Waals surface area contributed by atoms with Crippen molar-refractivity contribution in [2.75, 3.05) is 6.61 Å². The van der Waals surface area contributed by atoms with E-state index in [0.29, 0.717) is 6.42 Å². The van der Waals surface area contributed by atoms with Gasteiger partial charge in [-0.2, -0.15) is 8.78 Å². The molecule has 0 N–H and O–H groups in total. The zero-order valence-corrected chi connectivity index (χ0v) is 15.1. The second kappa shape index (κ2) is 7.06. The van der Waals surface area contributed by atoms with Crippen molar-refractivity contribution in [1.29, 1.82) is 0 Å². The molecule has 0 bridgehead atoms. The third-order valence-electron chi connectivity index (χ3n) is 3.83. The van der Waals surface area contributed by atoms with Gasteiger partial charge in [-0.15, -0.1) is 0 Å². The van der Waals surface area contributed by atoms with Gasteiger partial charge in [0.15, 0.2) is 0 Å². The summed E-state index contributed by atoms with van der Waals surface area (Å²) in [6, 6.07) is 3.78. The van der Waals surface area contributed by atoms with Crippen LogP contribution in [0.2, 0.25) is 0 Å². The van der Waals surface area contributed by atoms with E-state index in [4.69, 9.17) is 4.74 Å². The van der Waals surface area contributed by atoms with Crippen LogP contribution in [0.15, 0.2) is 22.6 Å². The SMILES string of the molecule is CC(=N[S+]([O-])C(C)(C)C)c1cccc(C(F)(F)[C@H]2CCCO2)c1F. The molecule has 1 aliphatic heterocycles. The quantitative estimate of drug-likeness (QED) is 0.590. The van der Waals surface area contributed by atoms with Crippen molar-refractivity contribution >= 4 is 17.1 Å². The van der Waals surface area contributed by atoms with Gasteiger partial charge in [0.25, 0.3) is 0 Å². The van der Waals surface area contributed by atoms with Gasteiger partial charge in [-0.3, -0.25) is 0 Å². The molecule has 0 spiro atoms. The third-order valence-corrected chi connectivity index (χ3v) is 5.31. The van der Waals surface area contributed by atoms with Gasteiger partial charge in [0.05, 0.1) is 11.3 Å². The van der Waals surface area contributed by atoms with Crippen molar-refractivity contribution in [3.05, 3.63) is 35.1 Å². The molecule has 1 aromatic rings. The maximum absolute atomic E-state index is 14.7. The summed E-state index contributed by atoms with van der Waals surface area (Å²) in [6.45, 7) is 6.93. The van der Waals surface area contributed by atoms with Crippen LogP contribution in [0.1, 0.15) is 51.7 Å². The third kappa shape index (κ3) is 3.95. The number of rotatable bonds is 4. The summed E-state index contributed by atoms with van der Waals surface area (Å²) in [5.41, 5.74) is -0.642. The molecule has 0 aromatic heterocycles. The standard InChI is InChI=1S/C17H22F3NO2S/c1-11(21-24(22)16(2,3)4)12-7-5-8-13(15(12)18)17(19,20)14-9-6-10-23-14/h5,7-8,14H,6,9-10H2,1-4H3/t14-,24?/m1/s1. The lowest BCUT2D eigenvalue weighted by molar-refractivity contribution is -0.124. The summed E-state index contributed by atoms with van der Waals surface area (Å²) in [4.78, 5) is 0. The molecule has 1 saturated heterocycles. The monoisotopic (exact) mass is 361 g/mol. The molecule has 1 aromatic carbocycles. The van der Waals surface area contributed by atoms with Crippen LogP contribution in [0.4, 0.5) is 13.2 Å². The lowest BCUT2D eigenvalue weighted by Gasteiger charge is -2.24. The molecule has 1 aliphatic rings. The highest BCUT2D eigenvalue weighted by Gasteiger charge is 2.46. The minimum absolute atomic E-state index is 0.0669. The fourth-order valence-electron chi connectivity index (χ4n) is 2.42. The highest BCUT2D eigenvalue weighted by molar-refractivity contribution is 7.91. The fraction of sp³-hybridized carbons (Fsp3) is 0.588. The van der Waals surface area contributed by atoms with E-state index in [-0.39, 0.29) is 24.3 Å². The molecule has 0 amide bonds. The molecule has 1 unspecified atom stereocenters. The molecule has 0 saturated carbocycles. The second-order valence-corrected chi connectivity index (χ2v) is 8.74. The van der Waals surface area contributed by atoms with E-state index in [2.05, 4.69) is 4.40 Å². The summed E-state index contributed by atoms with van der Waals surface area (Å²) in [5.74, 6) is -4.45. The van der Waals surface area contributed by atoms with Crippen molar-refractivity contribution in [3.8, 4) is 0 Å². The number of ether oxygens (including phenoxy) is 1. The highest BCUT2D eigenvalue weighted by Crippen LogP contribution is 2.40. The maximum Gasteiger partial charge on any atom is 0.301 e. The van der Waals surface area contributed by atoms with Crippen molar-refractivity contribution in [1.82, 2.24) is 0 Å². The van der Waals surface area contributed by atoms with E-state index in [9.17, 15) is 17.7 Å². The Hall–Kier alpha value is -1.05. The van der Waals surface area contributed by atoms with E-state index in [1.165, 1.54) is 19.1 Å². The maximum atomic E-state index is 14.7. The molecule has 134 valence electrons. The van der Waals surface area contributed by atoms with Gasteiger partial charge < -0.3 is 9.29 Å². The zero-order valence-electron chi connectivity index (χ0n) is 14.2. The molecule has 1 heterocycles. The van der Waals surface area contributed by atoms with Crippen LogP contribution >= 0.6 is 0 Å². The van der Waals surface area contributed by atoms with E-state index in [0.717, 1.165) is 6.07 Å². The fourth-order valence-corrected chi connectivity index (χ4v) is 3.04. The highest BCUT2D eigenvalue weighted by atomic mass is 32.2. The predicted molar refractivity (Wildman–Crippen MR) is 89.4 cm³/mol. The number of hydrogen-bond acceptors (Lipinski definition) is 3. The van der Waals surface area contributed by atoms with Gasteiger partial charge in [-0.05, 0) is 46.6 Å². The number of hydrogen-bond donors (Lipinski definition) is 0. The average molecular weight is 361 g/mol. The molecule has 3 nitrogen and oxygen atoms in total. The van der Waals surface area contributed by atoms with Crippen molar-refractivity contribution in [2.45, 2.75) is 57.3 Å². The lowest BCUT2D eigenvalue weighted by Crippen LogP contribution is -2.32. The lowest BCUT2D eigenvalue weighted by atomic mass is 9.97. The van der Waals surface area contributed by atoms with E-state index in [1.54, 1.807) is 20.8 Å². The first kappa shape index (κ1) is 19.3. The number of alkyl halides is 2. The van der Waals surface area contributed by atoms with Gasteiger partial charge in [-0.25, -0.2) is 4.39 Å². The Morgan fingerprint density at radius 2 is 2.00 bits per heavy atom. The molecular formula is C17H22F3NO2S. The van der Waals surface area contributed by atoms with Gasteiger partial charge >= 0.3 is 5.92 Å². The summed E-state index contributed by atoms with van der Waals surface area (Å²) < 4.78 is 64.3. The van der Waals surface area contributed by atoms with Gasteiger partial charge in [0.1, 0.15) is 28.0 Å². The van der Waals surface area contributed by atoms with Crippen molar-refractivity contribution in [2.24, 2.45) is 4.40 Å². The molecular weight excluding hydrogens is 339 g/mol. The Balaban J connectivity index is 2.39. The minimum Gasteiger partial charge on any atom is -0.591 e. The normalized spacial score (nSPS) is 21.2. The summed E-state index contributed by atoms with van der Waals surface area (Å²) >= 11 is -1.60. The van der Waals surface area contributed by atoms with Crippen LogP contribution in [0.5, 0.6) is 0 Å². The summed E-state index contributed by atoms with van der Waals surface area (Å²) in [5, 5.41) is 0. The van der Waals surface area contributed by atoms with Crippen LogP contribution < -0.4 is 0 Å². The average Bonchev–Trinajstić information content (AvgIpc) is 3.01. The van der Waals surface area contributed by atoms with Gasteiger partial charge in [-0.1, -0.05) is 16.5 Å². The summed E-state index contributed by atoms with van der Waals surface area (Å²) in [6.07, 6.45) is -0.590. The first-order chi connectivity index (χ1) is 11.0. The largest absolute Gasteiger partial charge is 0.591 e. The molecule has 24 heavy (non-hydrogen) atoms. The van der Waals surface area contributed by atoms with Gasteiger partial charge in [0, 0.05) is 12.2 Å². The number of benzene rings is 1. The minimum atomic E-state index is -3.42. The number of nitrogens with zero attached hydrogens (tertiary/aromatic N) is 1. The van der Waals surface area contributed by atoms with Crippen LogP contribution in [0.25, 0.3) is 0 Å². The molecule has 7 heteroatoms. The molecule has 1 fully saturated rings. The summed E-state index contributed by atoms with van der Waals surface area (Å²) in [7, 11) is 0. The van der Waals surface area contributed by atoms with Crippen molar-refractivity contribution in [3.63, 3.8) is 0 Å². The zero-order chi connectivity index (χ0) is 18.1. The van der Waals surface area contributed by atoms with Crippen molar-refractivity contribution < 1.29 is 22.5 Å². The second-order valence-electron chi connectivity index (χ2n) is 6.83. The van der Waals surface area contributed by atoms with Crippen LogP contribution in [0, 0.1) is 5.82 Å². The molecule has 0 radical (unpaired) electrons. The van der Waals surface area contributed by atoms with Crippen LogP contribution in [-0.2, 0) is 22.0 Å². The Bertz CT molecular complexity index is 623. The number of halogens is 3. The van der Waals surface area contributed by atoms with E-state index < -0.39 is 39.5 Å². The first-order valence-electron chi connectivity index (χ1n) is 7.81.